The molecular weight excluding hydrogens is 368 g/mol. The zero-order valence-corrected chi connectivity index (χ0v) is 17.8. The lowest BCUT2D eigenvalue weighted by Crippen LogP contribution is -2.35. The van der Waals surface area contributed by atoms with Gasteiger partial charge in [0, 0.05) is 24.5 Å². The van der Waals surface area contributed by atoms with Gasteiger partial charge in [-0.15, -0.1) is 11.8 Å². The predicted molar refractivity (Wildman–Crippen MR) is 116 cm³/mol. The minimum atomic E-state index is -0.130. The summed E-state index contributed by atoms with van der Waals surface area (Å²) in [6, 6.07) is 16.3. The number of nitrogens with zero attached hydrogens (tertiary/aromatic N) is 1. The molecule has 1 amide bonds. The standard InChI is InChI=1S/C23H30N2O2S/c1-17-4-10-22(11-5-17)28-18(2)23(26)24-16-19-6-8-20(9-7-19)27-21-12-14-25(3)15-13-21/h4-11,18,21H,12-16H2,1-3H3,(H,24,26)/t18-/m1/s1. The molecule has 1 aliphatic rings. The van der Waals surface area contributed by atoms with Gasteiger partial charge >= 0.3 is 0 Å². The van der Waals surface area contributed by atoms with E-state index in [0.717, 1.165) is 42.1 Å². The van der Waals surface area contributed by atoms with E-state index >= 15 is 0 Å². The van der Waals surface area contributed by atoms with Gasteiger partial charge in [0.15, 0.2) is 0 Å². The summed E-state index contributed by atoms with van der Waals surface area (Å²) in [5.41, 5.74) is 2.31. The van der Waals surface area contributed by atoms with Gasteiger partial charge in [-0.05, 0) is 63.6 Å². The highest BCUT2D eigenvalue weighted by molar-refractivity contribution is 8.00. The van der Waals surface area contributed by atoms with Crippen molar-refractivity contribution in [2.45, 2.75) is 49.5 Å². The number of likely N-dealkylation sites (tertiary alicyclic amines) is 1. The monoisotopic (exact) mass is 398 g/mol. The van der Waals surface area contributed by atoms with Crippen LogP contribution in [0.15, 0.2) is 53.4 Å². The highest BCUT2D eigenvalue weighted by Crippen LogP contribution is 2.24. The molecule has 2 aromatic rings. The van der Waals surface area contributed by atoms with Gasteiger partial charge in [0.1, 0.15) is 11.9 Å². The second kappa shape index (κ2) is 9.99. The normalized spacial score (nSPS) is 16.5. The van der Waals surface area contributed by atoms with E-state index in [9.17, 15) is 4.79 Å². The van der Waals surface area contributed by atoms with E-state index in [1.165, 1.54) is 5.56 Å². The quantitative estimate of drug-likeness (QED) is 0.708. The fraction of sp³-hybridized carbons (Fsp3) is 0.435. The van der Waals surface area contributed by atoms with Gasteiger partial charge in [0.25, 0.3) is 0 Å². The summed E-state index contributed by atoms with van der Waals surface area (Å²) >= 11 is 1.58. The molecule has 0 saturated carbocycles. The largest absolute Gasteiger partial charge is 0.490 e. The Labute approximate surface area is 172 Å². The zero-order chi connectivity index (χ0) is 19.9. The first-order valence-corrected chi connectivity index (χ1v) is 10.8. The molecule has 0 unspecified atom stereocenters. The summed E-state index contributed by atoms with van der Waals surface area (Å²) in [4.78, 5) is 15.8. The van der Waals surface area contributed by atoms with Gasteiger partial charge in [-0.25, -0.2) is 0 Å². The van der Waals surface area contributed by atoms with Crippen molar-refractivity contribution in [3.05, 3.63) is 59.7 Å². The molecule has 1 heterocycles. The van der Waals surface area contributed by atoms with Crippen LogP contribution in [-0.2, 0) is 11.3 Å². The number of nitrogens with one attached hydrogen (secondary N) is 1. The molecule has 0 spiro atoms. The lowest BCUT2D eigenvalue weighted by atomic mass is 10.1. The number of hydrogen-bond donors (Lipinski definition) is 1. The second-order valence-electron chi connectivity index (χ2n) is 7.56. The first-order valence-electron chi connectivity index (χ1n) is 9.95. The Bertz CT molecular complexity index is 753. The average molecular weight is 399 g/mol. The van der Waals surface area contributed by atoms with Gasteiger partial charge in [0.2, 0.25) is 5.91 Å². The lowest BCUT2D eigenvalue weighted by molar-refractivity contribution is -0.120. The molecule has 4 nitrogen and oxygen atoms in total. The predicted octanol–water partition coefficient (Wildman–Crippen LogP) is 4.27. The molecule has 1 saturated heterocycles. The van der Waals surface area contributed by atoms with Crippen molar-refractivity contribution in [1.82, 2.24) is 10.2 Å². The van der Waals surface area contributed by atoms with Crippen LogP contribution in [0, 0.1) is 6.92 Å². The van der Waals surface area contributed by atoms with Crippen LogP contribution < -0.4 is 10.1 Å². The molecule has 1 N–H and O–H groups in total. The third-order valence-electron chi connectivity index (χ3n) is 5.06. The van der Waals surface area contributed by atoms with Crippen molar-refractivity contribution in [1.29, 1.82) is 0 Å². The van der Waals surface area contributed by atoms with Crippen molar-refractivity contribution >= 4 is 17.7 Å². The van der Waals surface area contributed by atoms with Crippen molar-refractivity contribution in [2.75, 3.05) is 20.1 Å². The van der Waals surface area contributed by atoms with Crippen LogP contribution in [0.1, 0.15) is 30.9 Å². The Morgan fingerprint density at radius 2 is 1.79 bits per heavy atom. The number of benzene rings is 2. The summed E-state index contributed by atoms with van der Waals surface area (Å²) in [6.45, 7) is 6.72. The van der Waals surface area contributed by atoms with E-state index in [-0.39, 0.29) is 11.2 Å². The number of amides is 1. The Hall–Kier alpha value is -1.98. The summed E-state index contributed by atoms with van der Waals surface area (Å²) in [5, 5.41) is 2.90. The third kappa shape index (κ3) is 6.28. The molecule has 0 aliphatic carbocycles. The first kappa shape index (κ1) is 20.7. The molecular formula is C23H30N2O2S. The first-order chi connectivity index (χ1) is 13.5. The van der Waals surface area contributed by atoms with Crippen LogP contribution in [0.3, 0.4) is 0 Å². The number of ether oxygens (including phenoxy) is 1. The van der Waals surface area contributed by atoms with Crippen LogP contribution >= 0.6 is 11.8 Å². The lowest BCUT2D eigenvalue weighted by Gasteiger charge is -2.29. The molecule has 1 atom stereocenters. The maximum absolute atomic E-state index is 12.4. The van der Waals surface area contributed by atoms with Gasteiger partial charge in [0.05, 0.1) is 5.25 Å². The molecule has 2 aromatic carbocycles. The number of thioether (sulfide) groups is 1. The SMILES string of the molecule is Cc1ccc(S[C@H](C)C(=O)NCc2ccc(OC3CCN(C)CC3)cc2)cc1. The maximum Gasteiger partial charge on any atom is 0.233 e. The number of carbonyl (C=O) groups excluding carboxylic acids is 1. The van der Waals surface area contributed by atoms with Crippen LogP contribution in [0.5, 0.6) is 5.75 Å². The zero-order valence-electron chi connectivity index (χ0n) is 17.0. The molecule has 150 valence electrons. The highest BCUT2D eigenvalue weighted by Gasteiger charge is 2.18. The van der Waals surface area contributed by atoms with Gasteiger partial charge < -0.3 is 15.0 Å². The van der Waals surface area contributed by atoms with E-state index in [0.29, 0.717) is 12.6 Å². The Morgan fingerprint density at radius 1 is 1.14 bits per heavy atom. The van der Waals surface area contributed by atoms with E-state index in [4.69, 9.17) is 4.74 Å². The molecule has 3 rings (SSSR count). The number of hydrogen-bond acceptors (Lipinski definition) is 4. The molecule has 0 radical (unpaired) electrons. The van der Waals surface area contributed by atoms with Gasteiger partial charge in [-0.2, -0.15) is 0 Å². The number of rotatable bonds is 7. The molecule has 1 fully saturated rings. The van der Waals surface area contributed by atoms with Crippen LogP contribution in [0.4, 0.5) is 0 Å². The Kier molecular flexibility index (Phi) is 7.40. The average Bonchev–Trinajstić information content (AvgIpc) is 2.70. The molecule has 5 heteroatoms. The summed E-state index contributed by atoms with van der Waals surface area (Å²) in [7, 11) is 2.15. The maximum atomic E-state index is 12.4. The van der Waals surface area contributed by atoms with Crippen LogP contribution in [0.25, 0.3) is 0 Å². The fourth-order valence-electron chi connectivity index (χ4n) is 3.19. The Morgan fingerprint density at radius 3 is 2.43 bits per heavy atom. The smallest absolute Gasteiger partial charge is 0.233 e. The minimum absolute atomic E-state index is 0.0530. The molecule has 28 heavy (non-hydrogen) atoms. The fourth-order valence-corrected chi connectivity index (χ4v) is 4.08. The number of carbonyl (C=O) groups is 1. The highest BCUT2D eigenvalue weighted by atomic mass is 32.2. The van der Waals surface area contributed by atoms with Crippen molar-refractivity contribution < 1.29 is 9.53 Å². The van der Waals surface area contributed by atoms with Gasteiger partial charge in [-0.3, -0.25) is 4.79 Å². The van der Waals surface area contributed by atoms with E-state index in [2.05, 4.69) is 48.5 Å². The van der Waals surface area contributed by atoms with E-state index in [1.807, 2.05) is 31.2 Å². The van der Waals surface area contributed by atoms with E-state index < -0.39 is 0 Å². The molecule has 1 aliphatic heterocycles. The summed E-state index contributed by atoms with van der Waals surface area (Å²) in [5.74, 6) is 0.963. The summed E-state index contributed by atoms with van der Waals surface area (Å²) < 4.78 is 6.08. The van der Waals surface area contributed by atoms with Gasteiger partial charge in [-0.1, -0.05) is 29.8 Å². The number of piperidine rings is 1. The number of aryl methyl sites for hydroxylation is 1. The second-order valence-corrected chi connectivity index (χ2v) is 8.97. The van der Waals surface area contributed by atoms with Crippen LogP contribution in [-0.4, -0.2) is 42.3 Å². The van der Waals surface area contributed by atoms with Crippen molar-refractivity contribution in [3.8, 4) is 5.75 Å². The van der Waals surface area contributed by atoms with Crippen molar-refractivity contribution in [2.24, 2.45) is 0 Å². The Balaban J connectivity index is 1.43. The van der Waals surface area contributed by atoms with E-state index in [1.54, 1.807) is 11.8 Å². The van der Waals surface area contributed by atoms with Crippen LogP contribution in [0.2, 0.25) is 0 Å². The minimum Gasteiger partial charge on any atom is -0.490 e. The topological polar surface area (TPSA) is 41.6 Å². The van der Waals surface area contributed by atoms with Crippen molar-refractivity contribution in [3.63, 3.8) is 0 Å². The molecule has 0 aromatic heterocycles. The third-order valence-corrected chi connectivity index (χ3v) is 6.17. The molecule has 0 bridgehead atoms. The summed E-state index contributed by atoms with van der Waals surface area (Å²) in [6.07, 6.45) is 2.46.